The van der Waals surface area contributed by atoms with E-state index in [9.17, 15) is 8.42 Å². The summed E-state index contributed by atoms with van der Waals surface area (Å²) >= 11 is 0. The van der Waals surface area contributed by atoms with Crippen molar-refractivity contribution < 1.29 is 8.42 Å². The average Bonchev–Trinajstić information content (AvgIpc) is 3.12. The molecule has 0 unspecified atom stereocenters. The molecule has 31 heavy (non-hydrogen) atoms. The molecule has 1 heterocycles. The minimum Gasteiger partial charge on any atom is -0.361 e. The van der Waals surface area contributed by atoms with Crippen LogP contribution in [-0.2, 0) is 23.0 Å². The molecule has 0 saturated carbocycles. The first kappa shape index (κ1) is 25.2. The lowest BCUT2D eigenvalue weighted by Crippen LogP contribution is -2.37. The minimum absolute atomic E-state index is 0. The smallest absolute Gasteiger partial charge is 0.242 e. The molecule has 0 bridgehead atoms. The molecule has 1 aromatic heterocycles. The number of guanidine groups is 1. The lowest BCUT2D eigenvalue weighted by Gasteiger charge is -2.13. The highest BCUT2D eigenvalue weighted by Gasteiger charge is 2.16. The van der Waals surface area contributed by atoms with E-state index in [4.69, 9.17) is 0 Å². The summed E-state index contributed by atoms with van der Waals surface area (Å²) in [6.07, 6.45) is 2.94. The zero-order valence-electron chi connectivity index (χ0n) is 18.3. The molecule has 0 aliphatic heterocycles. The number of hydrogen-bond donors (Lipinski definition) is 3. The summed E-state index contributed by atoms with van der Waals surface area (Å²) in [5, 5.41) is 7.84. The monoisotopic (exact) mass is 555 g/mol. The molecular formula is C22H30IN5O2S. The molecule has 3 aromatic rings. The van der Waals surface area contributed by atoms with Crippen molar-refractivity contribution in [1.82, 2.24) is 19.9 Å². The Morgan fingerprint density at radius 3 is 2.45 bits per heavy atom. The van der Waals surface area contributed by atoms with Crippen molar-refractivity contribution in [3.63, 3.8) is 0 Å². The number of H-pyrrole nitrogens is 1. The standard InChI is InChI=1S/C22H29N5O2S.HI/c1-16-5-10-20-18(15-25-21(20)13-16)11-12-24-22(23-2)26-14-17-6-8-19(9-7-17)30(28,29)27(3)4;/h5-10,13,15,25H,11-12,14H2,1-4H3,(H2,23,24,26);1H. The molecule has 9 heteroatoms. The number of aromatic amines is 1. The maximum atomic E-state index is 12.1. The van der Waals surface area contributed by atoms with E-state index in [0.29, 0.717) is 12.5 Å². The van der Waals surface area contributed by atoms with Crippen molar-refractivity contribution in [2.24, 2.45) is 4.99 Å². The largest absolute Gasteiger partial charge is 0.361 e. The van der Waals surface area contributed by atoms with Crippen LogP contribution in [0.15, 0.2) is 58.5 Å². The lowest BCUT2D eigenvalue weighted by atomic mass is 10.1. The first-order chi connectivity index (χ1) is 14.3. The number of rotatable bonds is 7. The van der Waals surface area contributed by atoms with Crippen molar-refractivity contribution >= 4 is 50.9 Å². The van der Waals surface area contributed by atoms with Gasteiger partial charge in [-0.05, 0) is 48.2 Å². The van der Waals surface area contributed by atoms with Gasteiger partial charge in [-0.25, -0.2) is 12.7 Å². The number of aliphatic imine (C=N–C) groups is 1. The predicted molar refractivity (Wildman–Crippen MR) is 138 cm³/mol. The summed E-state index contributed by atoms with van der Waals surface area (Å²) in [7, 11) is 1.38. The van der Waals surface area contributed by atoms with Gasteiger partial charge >= 0.3 is 0 Å². The van der Waals surface area contributed by atoms with Gasteiger partial charge in [0.2, 0.25) is 10.0 Å². The summed E-state index contributed by atoms with van der Waals surface area (Å²) in [4.78, 5) is 7.88. The highest BCUT2D eigenvalue weighted by Crippen LogP contribution is 2.19. The Hall–Kier alpha value is -2.11. The molecule has 0 amide bonds. The molecular weight excluding hydrogens is 525 g/mol. The first-order valence-corrected chi connectivity index (χ1v) is 11.3. The second kappa shape index (κ2) is 11.0. The summed E-state index contributed by atoms with van der Waals surface area (Å²) in [5.74, 6) is 0.704. The van der Waals surface area contributed by atoms with Gasteiger partial charge in [-0.1, -0.05) is 24.3 Å². The summed E-state index contributed by atoms with van der Waals surface area (Å²) in [6, 6.07) is 13.3. The summed E-state index contributed by atoms with van der Waals surface area (Å²) in [5.41, 5.74) is 4.64. The Labute approximate surface area is 201 Å². The molecule has 0 aliphatic rings. The third-order valence-electron chi connectivity index (χ3n) is 5.00. The van der Waals surface area contributed by atoms with Gasteiger partial charge in [0.25, 0.3) is 0 Å². The van der Waals surface area contributed by atoms with Crippen LogP contribution in [0.25, 0.3) is 10.9 Å². The fourth-order valence-corrected chi connectivity index (χ4v) is 4.12. The predicted octanol–water partition coefficient (Wildman–Crippen LogP) is 3.25. The quantitative estimate of drug-likeness (QED) is 0.237. The first-order valence-electron chi connectivity index (χ1n) is 9.84. The molecule has 7 nitrogen and oxygen atoms in total. The average molecular weight is 555 g/mol. The van der Waals surface area contributed by atoms with Crippen LogP contribution in [0.4, 0.5) is 0 Å². The van der Waals surface area contributed by atoms with Gasteiger partial charge in [-0.3, -0.25) is 4.99 Å². The van der Waals surface area contributed by atoms with Crippen LogP contribution in [0.2, 0.25) is 0 Å². The van der Waals surface area contributed by atoms with E-state index in [1.54, 1.807) is 19.2 Å². The van der Waals surface area contributed by atoms with Crippen molar-refractivity contribution in [1.29, 1.82) is 0 Å². The van der Waals surface area contributed by atoms with E-state index >= 15 is 0 Å². The number of aryl methyl sites for hydroxylation is 1. The van der Waals surface area contributed by atoms with Gasteiger partial charge < -0.3 is 15.6 Å². The van der Waals surface area contributed by atoms with E-state index in [1.807, 2.05) is 12.1 Å². The number of sulfonamides is 1. The topological polar surface area (TPSA) is 89.6 Å². The fourth-order valence-electron chi connectivity index (χ4n) is 3.22. The molecule has 0 aliphatic carbocycles. The maximum Gasteiger partial charge on any atom is 0.242 e. The molecule has 0 saturated heterocycles. The molecule has 2 aromatic carbocycles. The second-order valence-corrected chi connectivity index (χ2v) is 9.55. The Morgan fingerprint density at radius 1 is 1.10 bits per heavy atom. The van der Waals surface area contributed by atoms with Gasteiger partial charge in [0.05, 0.1) is 4.90 Å². The zero-order valence-corrected chi connectivity index (χ0v) is 21.4. The van der Waals surface area contributed by atoms with E-state index in [-0.39, 0.29) is 28.9 Å². The summed E-state index contributed by atoms with van der Waals surface area (Å²) in [6.45, 7) is 3.39. The number of hydrogen-bond acceptors (Lipinski definition) is 3. The third-order valence-corrected chi connectivity index (χ3v) is 6.82. The number of nitrogens with one attached hydrogen (secondary N) is 3. The number of halogens is 1. The Balaban J connectivity index is 0.00000341. The van der Waals surface area contributed by atoms with Crippen LogP contribution in [0.3, 0.4) is 0 Å². The number of nitrogens with zero attached hydrogens (tertiary/aromatic N) is 2. The SMILES string of the molecule is CN=C(NCCc1c[nH]c2cc(C)ccc12)NCc1ccc(S(=O)(=O)N(C)C)cc1.I. The van der Waals surface area contributed by atoms with Gasteiger partial charge in [0.1, 0.15) is 0 Å². The Kier molecular flexibility index (Phi) is 8.90. The van der Waals surface area contributed by atoms with Gasteiger partial charge in [0, 0.05) is 51.3 Å². The Bertz CT molecular complexity index is 1140. The van der Waals surface area contributed by atoms with Crippen LogP contribution < -0.4 is 10.6 Å². The lowest BCUT2D eigenvalue weighted by molar-refractivity contribution is 0.520. The zero-order chi connectivity index (χ0) is 21.7. The van der Waals surface area contributed by atoms with Crippen molar-refractivity contribution in [2.45, 2.75) is 24.8 Å². The number of fused-ring (bicyclic) bond motifs is 1. The van der Waals surface area contributed by atoms with Crippen molar-refractivity contribution in [3.05, 3.63) is 65.4 Å². The molecule has 0 fully saturated rings. The van der Waals surface area contributed by atoms with Crippen LogP contribution in [0.5, 0.6) is 0 Å². The van der Waals surface area contributed by atoms with Gasteiger partial charge in [-0.15, -0.1) is 24.0 Å². The van der Waals surface area contributed by atoms with E-state index in [1.165, 1.54) is 34.9 Å². The van der Waals surface area contributed by atoms with Crippen molar-refractivity contribution in [2.75, 3.05) is 27.7 Å². The molecule has 0 spiro atoms. The van der Waals surface area contributed by atoms with Crippen LogP contribution in [0.1, 0.15) is 16.7 Å². The van der Waals surface area contributed by atoms with Gasteiger partial charge in [0.15, 0.2) is 5.96 Å². The van der Waals surface area contributed by atoms with Crippen molar-refractivity contribution in [3.8, 4) is 0 Å². The molecule has 168 valence electrons. The molecule has 0 radical (unpaired) electrons. The third kappa shape index (κ3) is 6.20. The maximum absolute atomic E-state index is 12.1. The fraction of sp³-hybridized carbons (Fsp3) is 0.318. The Morgan fingerprint density at radius 2 is 1.81 bits per heavy atom. The highest BCUT2D eigenvalue weighted by atomic mass is 127. The highest BCUT2D eigenvalue weighted by molar-refractivity contribution is 14.0. The van der Waals surface area contributed by atoms with Crippen LogP contribution in [0, 0.1) is 6.92 Å². The number of aromatic nitrogens is 1. The molecule has 3 rings (SSSR count). The van der Waals surface area contributed by atoms with E-state index < -0.39 is 10.0 Å². The van der Waals surface area contributed by atoms with E-state index in [2.05, 4.69) is 51.9 Å². The minimum atomic E-state index is -3.41. The normalized spacial score (nSPS) is 12.1. The molecule has 3 N–H and O–H groups in total. The summed E-state index contributed by atoms with van der Waals surface area (Å²) < 4.78 is 25.5. The van der Waals surface area contributed by atoms with Crippen LogP contribution >= 0.6 is 24.0 Å². The van der Waals surface area contributed by atoms with Crippen LogP contribution in [-0.4, -0.2) is 51.4 Å². The number of benzene rings is 2. The van der Waals surface area contributed by atoms with E-state index in [0.717, 1.165) is 24.0 Å². The second-order valence-electron chi connectivity index (χ2n) is 7.40. The molecule has 0 atom stereocenters. The van der Waals surface area contributed by atoms with Gasteiger partial charge in [-0.2, -0.15) is 0 Å².